The zero-order valence-corrected chi connectivity index (χ0v) is 29.7. The Morgan fingerprint density at radius 3 is 1.72 bits per heavy atom. The molecule has 8 aromatic carbocycles. The van der Waals surface area contributed by atoms with Crippen LogP contribution in [0.25, 0.3) is 93.8 Å². The fraction of sp³-hybridized carbons (Fsp3) is 0.0588. The summed E-state index contributed by atoms with van der Waals surface area (Å²) in [5.41, 5.74) is 18.8. The first kappa shape index (κ1) is 30.0. The third-order valence-corrected chi connectivity index (χ3v) is 11.7. The number of aromatic amines is 1. The SMILES string of the molecule is CC1(C)c2ccccc2-c2c(-c3cccc(-c4cccc(-c5cccc6c5[nH]c5ccc(-n7c8ccccc8c8ccccc87)cc56)c4)c3)cccc21. The van der Waals surface area contributed by atoms with Crippen LogP contribution in [0.3, 0.4) is 0 Å². The van der Waals surface area contributed by atoms with Crippen LogP contribution in [0, 0.1) is 0 Å². The average molecular weight is 677 g/mol. The molecule has 2 nitrogen and oxygen atoms in total. The Bertz CT molecular complexity index is 3040. The highest BCUT2D eigenvalue weighted by Gasteiger charge is 2.36. The minimum atomic E-state index is -0.0237. The predicted octanol–water partition coefficient (Wildman–Crippen LogP) is 13.7. The van der Waals surface area contributed by atoms with Gasteiger partial charge in [0.2, 0.25) is 0 Å². The van der Waals surface area contributed by atoms with Crippen LogP contribution in [0.5, 0.6) is 0 Å². The van der Waals surface area contributed by atoms with Crippen molar-refractivity contribution in [3.05, 3.63) is 187 Å². The molecule has 10 aromatic rings. The van der Waals surface area contributed by atoms with Gasteiger partial charge in [-0.1, -0.05) is 147 Å². The summed E-state index contributed by atoms with van der Waals surface area (Å²) in [7, 11) is 0. The number of fused-ring (bicyclic) bond motifs is 9. The van der Waals surface area contributed by atoms with E-state index in [9.17, 15) is 0 Å². The van der Waals surface area contributed by atoms with E-state index >= 15 is 0 Å². The molecule has 11 rings (SSSR count). The van der Waals surface area contributed by atoms with Crippen LogP contribution < -0.4 is 0 Å². The van der Waals surface area contributed by atoms with Gasteiger partial charge in [0.1, 0.15) is 0 Å². The molecule has 0 fully saturated rings. The second-order valence-corrected chi connectivity index (χ2v) is 15.0. The predicted molar refractivity (Wildman–Crippen MR) is 224 cm³/mol. The number of nitrogens with zero attached hydrogens (tertiary/aromatic N) is 1. The summed E-state index contributed by atoms with van der Waals surface area (Å²) in [5, 5.41) is 5.01. The molecular weight excluding hydrogens is 641 g/mol. The van der Waals surface area contributed by atoms with E-state index in [2.05, 4.69) is 199 Å². The van der Waals surface area contributed by atoms with Crippen molar-refractivity contribution in [1.29, 1.82) is 0 Å². The van der Waals surface area contributed by atoms with E-state index in [0.717, 1.165) is 11.0 Å². The maximum atomic E-state index is 3.81. The lowest BCUT2D eigenvalue weighted by Crippen LogP contribution is -2.14. The lowest BCUT2D eigenvalue weighted by molar-refractivity contribution is 0.660. The Labute approximate surface area is 308 Å². The largest absolute Gasteiger partial charge is 0.354 e. The van der Waals surface area contributed by atoms with Gasteiger partial charge < -0.3 is 9.55 Å². The van der Waals surface area contributed by atoms with E-state index in [1.165, 1.54) is 93.9 Å². The monoisotopic (exact) mass is 676 g/mol. The molecule has 0 atom stereocenters. The molecule has 2 heteroatoms. The minimum Gasteiger partial charge on any atom is -0.354 e. The van der Waals surface area contributed by atoms with Crippen LogP contribution in [0.15, 0.2) is 176 Å². The second kappa shape index (κ2) is 11.2. The van der Waals surface area contributed by atoms with Gasteiger partial charge in [-0.3, -0.25) is 0 Å². The Morgan fingerprint density at radius 1 is 0.415 bits per heavy atom. The van der Waals surface area contributed by atoms with E-state index in [1.807, 2.05) is 0 Å². The van der Waals surface area contributed by atoms with Crippen molar-refractivity contribution in [1.82, 2.24) is 9.55 Å². The number of aromatic nitrogens is 2. The third kappa shape index (κ3) is 4.39. The van der Waals surface area contributed by atoms with Crippen LogP contribution in [0.4, 0.5) is 0 Å². The van der Waals surface area contributed by atoms with Crippen molar-refractivity contribution >= 4 is 43.6 Å². The topological polar surface area (TPSA) is 20.7 Å². The van der Waals surface area contributed by atoms with Crippen molar-refractivity contribution in [2.45, 2.75) is 19.3 Å². The maximum absolute atomic E-state index is 3.81. The van der Waals surface area contributed by atoms with Gasteiger partial charge in [-0.15, -0.1) is 0 Å². The van der Waals surface area contributed by atoms with Crippen molar-refractivity contribution < 1.29 is 0 Å². The summed E-state index contributed by atoms with van der Waals surface area (Å²) in [6, 6.07) is 64.7. The van der Waals surface area contributed by atoms with Crippen molar-refractivity contribution in [2.75, 3.05) is 0 Å². The van der Waals surface area contributed by atoms with Crippen molar-refractivity contribution in [2.24, 2.45) is 0 Å². The van der Waals surface area contributed by atoms with Crippen LogP contribution in [-0.2, 0) is 5.41 Å². The molecule has 1 N–H and O–H groups in total. The van der Waals surface area contributed by atoms with Gasteiger partial charge in [0, 0.05) is 43.7 Å². The highest BCUT2D eigenvalue weighted by atomic mass is 15.0. The minimum absolute atomic E-state index is 0.0237. The fourth-order valence-electron chi connectivity index (χ4n) is 9.22. The lowest BCUT2D eigenvalue weighted by atomic mass is 9.82. The molecule has 250 valence electrons. The Kier molecular flexibility index (Phi) is 6.33. The molecule has 2 heterocycles. The summed E-state index contributed by atoms with van der Waals surface area (Å²) < 4.78 is 2.40. The molecule has 0 saturated carbocycles. The van der Waals surface area contributed by atoms with E-state index in [-0.39, 0.29) is 5.41 Å². The number of hydrogen-bond donors (Lipinski definition) is 1. The van der Waals surface area contributed by atoms with Crippen LogP contribution in [0.1, 0.15) is 25.0 Å². The van der Waals surface area contributed by atoms with E-state index < -0.39 is 0 Å². The number of hydrogen-bond acceptors (Lipinski definition) is 0. The van der Waals surface area contributed by atoms with Gasteiger partial charge in [0.25, 0.3) is 0 Å². The van der Waals surface area contributed by atoms with Crippen LogP contribution >= 0.6 is 0 Å². The standard InChI is InChI=1S/C51H36N2/c1-51(2)44-23-6-3-19-42(44)49-37(20-12-24-45(49)51)34-15-9-13-32(29-34)33-14-10-16-35(30-33)38-21-11-22-41-43-31-36(27-28-46(43)52-50(38)41)53-47-25-7-4-17-39(47)40-18-5-8-26-48(40)53/h3-31,52H,1-2H3. The molecule has 0 unspecified atom stereocenters. The quantitative estimate of drug-likeness (QED) is 0.192. The molecule has 0 bridgehead atoms. The zero-order chi connectivity index (χ0) is 35.3. The first-order valence-corrected chi connectivity index (χ1v) is 18.5. The Balaban J connectivity index is 1.01. The highest BCUT2D eigenvalue weighted by molar-refractivity contribution is 6.13. The van der Waals surface area contributed by atoms with E-state index in [0.29, 0.717) is 0 Å². The first-order chi connectivity index (χ1) is 26.0. The van der Waals surface area contributed by atoms with Gasteiger partial charge >= 0.3 is 0 Å². The normalized spacial score (nSPS) is 13.2. The van der Waals surface area contributed by atoms with E-state index in [1.54, 1.807) is 0 Å². The van der Waals surface area contributed by atoms with Crippen molar-refractivity contribution in [3.8, 4) is 50.2 Å². The van der Waals surface area contributed by atoms with Crippen molar-refractivity contribution in [3.63, 3.8) is 0 Å². The Morgan fingerprint density at radius 2 is 0.962 bits per heavy atom. The summed E-state index contributed by atoms with van der Waals surface area (Å²) in [4.78, 5) is 3.81. The molecule has 0 spiro atoms. The van der Waals surface area contributed by atoms with E-state index in [4.69, 9.17) is 0 Å². The molecule has 0 radical (unpaired) electrons. The van der Waals surface area contributed by atoms with Gasteiger partial charge in [-0.05, 0) is 92.5 Å². The highest BCUT2D eigenvalue weighted by Crippen LogP contribution is 2.52. The summed E-state index contributed by atoms with van der Waals surface area (Å²) in [5.74, 6) is 0. The number of rotatable bonds is 4. The number of para-hydroxylation sites is 3. The molecule has 1 aliphatic rings. The zero-order valence-electron chi connectivity index (χ0n) is 29.7. The van der Waals surface area contributed by atoms with Gasteiger partial charge in [0.15, 0.2) is 0 Å². The van der Waals surface area contributed by atoms with Gasteiger partial charge in [-0.2, -0.15) is 0 Å². The maximum Gasteiger partial charge on any atom is 0.0544 e. The van der Waals surface area contributed by atoms with Crippen LogP contribution in [0.2, 0.25) is 0 Å². The molecule has 0 saturated heterocycles. The molecule has 0 amide bonds. The number of H-pyrrole nitrogens is 1. The van der Waals surface area contributed by atoms with Gasteiger partial charge in [-0.25, -0.2) is 0 Å². The number of benzene rings is 8. The Hall–Kier alpha value is -6.64. The fourth-order valence-corrected chi connectivity index (χ4v) is 9.22. The second-order valence-electron chi connectivity index (χ2n) is 15.0. The van der Waals surface area contributed by atoms with Crippen LogP contribution in [-0.4, -0.2) is 9.55 Å². The average Bonchev–Trinajstić information content (AvgIpc) is 3.83. The molecule has 2 aromatic heterocycles. The van der Waals surface area contributed by atoms with Gasteiger partial charge in [0.05, 0.1) is 16.6 Å². The lowest BCUT2D eigenvalue weighted by Gasteiger charge is -2.21. The molecule has 0 aliphatic heterocycles. The molecular formula is C51H36N2. The first-order valence-electron chi connectivity index (χ1n) is 18.5. The molecule has 53 heavy (non-hydrogen) atoms. The summed E-state index contributed by atoms with van der Waals surface area (Å²) in [6.07, 6.45) is 0. The molecule has 1 aliphatic carbocycles. The number of nitrogens with one attached hydrogen (secondary N) is 1. The smallest absolute Gasteiger partial charge is 0.0544 e. The summed E-state index contributed by atoms with van der Waals surface area (Å²) in [6.45, 7) is 4.70. The summed E-state index contributed by atoms with van der Waals surface area (Å²) >= 11 is 0. The third-order valence-electron chi connectivity index (χ3n) is 11.7.